The van der Waals surface area contributed by atoms with Gasteiger partial charge >= 0.3 is 0 Å². The van der Waals surface area contributed by atoms with Crippen molar-refractivity contribution in [1.29, 1.82) is 0 Å². The Bertz CT molecular complexity index is 507. The van der Waals surface area contributed by atoms with Crippen LogP contribution in [0, 0.1) is 0 Å². The summed E-state index contributed by atoms with van der Waals surface area (Å²) in [7, 11) is 0. The third-order valence-corrected chi connectivity index (χ3v) is 2.24. The standard InChI is InChI=1S/C17H19NO/c1-5-9-11-12-15(7-3)16(8-4)17(18-14-19)13-10-6-2/h5-13H,2,4H2,1,3H3/b9-5-,12-11-,13-10-,15-7+,17-16-. The second kappa shape index (κ2) is 10.7. The van der Waals surface area contributed by atoms with Crippen molar-refractivity contribution in [2.75, 3.05) is 0 Å². The van der Waals surface area contributed by atoms with E-state index in [2.05, 4.69) is 18.2 Å². The minimum absolute atomic E-state index is 0.503. The van der Waals surface area contributed by atoms with Crippen LogP contribution in [0.15, 0.2) is 89.7 Å². The van der Waals surface area contributed by atoms with Crippen LogP contribution in [-0.4, -0.2) is 6.08 Å². The fraction of sp³-hybridized carbons (Fsp3) is 0.118. The number of isocyanates is 1. The average molecular weight is 253 g/mol. The quantitative estimate of drug-likeness (QED) is 0.371. The molecule has 0 aromatic rings. The van der Waals surface area contributed by atoms with E-state index in [1.807, 2.05) is 44.2 Å². The van der Waals surface area contributed by atoms with Gasteiger partial charge in [0.1, 0.15) is 0 Å². The lowest BCUT2D eigenvalue weighted by Crippen LogP contribution is -1.88. The zero-order chi connectivity index (χ0) is 14.5. The second-order valence-corrected chi connectivity index (χ2v) is 3.43. The van der Waals surface area contributed by atoms with E-state index in [1.165, 1.54) is 0 Å². The van der Waals surface area contributed by atoms with Gasteiger partial charge in [-0.05, 0) is 25.5 Å². The van der Waals surface area contributed by atoms with E-state index in [1.54, 1.807) is 30.4 Å². The molecule has 0 aliphatic carbocycles. The van der Waals surface area contributed by atoms with Gasteiger partial charge in [0, 0.05) is 5.57 Å². The van der Waals surface area contributed by atoms with Gasteiger partial charge in [0.05, 0.1) is 5.70 Å². The first kappa shape index (κ1) is 16.6. The van der Waals surface area contributed by atoms with E-state index >= 15 is 0 Å². The number of hydrogen-bond acceptors (Lipinski definition) is 2. The molecule has 19 heavy (non-hydrogen) atoms. The molecule has 0 saturated heterocycles. The molecule has 0 aliphatic heterocycles. The van der Waals surface area contributed by atoms with E-state index in [9.17, 15) is 4.79 Å². The maximum Gasteiger partial charge on any atom is 0.240 e. The Kier molecular flexibility index (Phi) is 9.32. The van der Waals surface area contributed by atoms with E-state index in [-0.39, 0.29) is 0 Å². The molecule has 0 N–H and O–H groups in total. The number of hydrogen-bond donors (Lipinski definition) is 0. The molecule has 98 valence electrons. The molecule has 0 fully saturated rings. The van der Waals surface area contributed by atoms with Gasteiger partial charge in [-0.25, -0.2) is 4.79 Å². The van der Waals surface area contributed by atoms with E-state index in [4.69, 9.17) is 0 Å². The molecule has 0 aromatic carbocycles. The van der Waals surface area contributed by atoms with Crippen LogP contribution in [0.3, 0.4) is 0 Å². The van der Waals surface area contributed by atoms with Crippen LogP contribution in [0.5, 0.6) is 0 Å². The van der Waals surface area contributed by atoms with Gasteiger partial charge in [-0.15, -0.1) is 0 Å². The molecule has 0 radical (unpaired) electrons. The van der Waals surface area contributed by atoms with Crippen LogP contribution < -0.4 is 0 Å². The van der Waals surface area contributed by atoms with Crippen molar-refractivity contribution in [2.45, 2.75) is 13.8 Å². The van der Waals surface area contributed by atoms with E-state index < -0.39 is 0 Å². The van der Waals surface area contributed by atoms with Gasteiger partial charge < -0.3 is 0 Å². The summed E-state index contributed by atoms with van der Waals surface area (Å²) in [6.07, 6.45) is 17.9. The van der Waals surface area contributed by atoms with Gasteiger partial charge in [-0.1, -0.05) is 61.8 Å². The summed E-state index contributed by atoms with van der Waals surface area (Å²) in [5.41, 5.74) is 2.20. The fourth-order valence-corrected chi connectivity index (χ4v) is 1.38. The molecular weight excluding hydrogens is 234 g/mol. The van der Waals surface area contributed by atoms with Crippen LogP contribution in [0.1, 0.15) is 13.8 Å². The summed E-state index contributed by atoms with van der Waals surface area (Å²) in [5, 5.41) is 0. The predicted octanol–water partition coefficient (Wildman–Crippen LogP) is 4.58. The SMILES string of the molecule is C=C\C=C/C(N=C=O)=C(C=C)/C(/C=C\C=C/C)=C/C. The average Bonchev–Trinajstić information content (AvgIpc) is 2.43. The summed E-state index contributed by atoms with van der Waals surface area (Å²) < 4.78 is 0. The largest absolute Gasteiger partial charge is 0.240 e. The second-order valence-electron chi connectivity index (χ2n) is 3.43. The molecule has 0 amide bonds. The monoisotopic (exact) mass is 253 g/mol. The van der Waals surface area contributed by atoms with E-state index in [0.717, 1.165) is 11.1 Å². The highest BCUT2D eigenvalue weighted by Crippen LogP contribution is 2.19. The molecule has 0 aliphatic rings. The van der Waals surface area contributed by atoms with Crippen LogP contribution in [0.25, 0.3) is 0 Å². The maximum atomic E-state index is 10.5. The molecule has 0 heterocycles. The third kappa shape index (κ3) is 6.16. The highest BCUT2D eigenvalue weighted by atomic mass is 16.1. The minimum atomic E-state index is 0.503. The van der Waals surface area contributed by atoms with Gasteiger partial charge in [-0.2, -0.15) is 4.99 Å². The zero-order valence-electron chi connectivity index (χ0n) is 11.5. The Morgan fingerprint density at radius 3 is 2.32 bits per heavy atom. The highest BCUT2D eigenvalue weighted by molar-refractivity contribution is 5.54. The third-order valence-electron chi connectivity index (χ3n) is 2.24. The van der Waals surface area contributed by atoms with Crippen molar-refractivity contribution in [2.24, 2.45) is 4.99 Å². The summed E-state index contributed by atoms with van der Waals surface area (Å²) in [5.74, 6) is 0. The van der Waals surface area contributed by atoms with Gasteiger partial charge in [-0.3, -0.25) is 0 Å². The lowest BCUT2D eigenvalue weighted by molar-refractivity contribution is 0.565. The van der Waals surface area contributed by atoms with Gasteiger partial charge in [0.2, 0.25) is 6.08 Å². The fourth-order valence-electron chi connectivity index (χ4n) is 1.38. The number of carbonyl (C=O) groups excluding carboxylic acids is 1. The zero-order valence-corrected chi connectivity index (χ0v) is 11.5. The maximum absolute atomic E-state index is 10.5. The molecule has 0 spiro atoms. The summed E-state index contributed by atoms with van der Waals surface area (Å²) >= 11 is 0. The van der Waals surface area contributed by atoms with Crippen molar-refractivity contribution in [3.05, 3.63) is 84.7 Å². The predicted molar refractivity (Wildman–Crippen MR) is 82.4 cm³/mol. The first-order valence-electron chi connectivity index (χ1n) is 5.94. The van der Waals surface area contributed by atoms with Crippen LogP contribution >= 0.6 is 0 Å². The van der Waals surface area contributed by atoms with Crippen LogP contribution in [-0.2, 0) is 4.79 Å². The minimum Gasteiger partial charge on any atom is -0.211 e. The normalized spacial score (nSPS) is 13.7. The molecule has 0 saturated carbocycles. The van der Waals surface area contributed by atoms with Crippen molar-refractivity contribution >= 4 is 6.08 Å². The van der Waals surface area contributed by atoms with Crippen LogP contribution in [0.4, 0.5) is 0 Å². The molecule has 2 nitrogen and oxygen atoms in total. The highest BCUT2D eigenvalue weighted by Gasteiger charge is 2.03. The summed E-state index contributed by atoms with van der Waals surface area (Å²) in [4.78, 5) is 14.2. The Balaban J connectivity index is 5.77. The Labute approximate surface area is 115 Å². The van der Waals surface area contributed by atoms with E-state index in [0.29, 0.717) is 5.70 Å². The number of nitrogens with zero attached hydrogens (tertiary/aromatic N) is 1. The molecule has 0 bridgehead atoms. The van der Waals surface area contributed by atoms with Crippen LogP contribution in [0.2, 0.25) is 0 Å². The lowest BCUT2D eigenvalue weighted by atomic mass is 10.0. The lowest BCUT2D eigenvalue weighted by Gasteiger charge is -2.05. The molecular formula is C17H19NO. The molecule has 0 atom stereocenters. The van der Waals surface area contributed by atoms with Gasteiger partial charge in [0.25, 0.3) is 0 Å². The summed E-state index contributed by atoms with van der Waals surface area (Å²) in [6.45, 7) is 11.2. The first-order valence-corrected chi connectivity index (χ1v) is 5.94. The molecule has 0 rings (SSSR count). The van der Waals surface area contributed by atoms with Gasteiger partial charge in [0.15, 0.2) is 0 Å². The van der Waals surface area contributed by atoms with Crippen molar-refractivity contribution in [3.8, 4) is 0 Å². The van der Waals surface area contributed by atoms with Crippen molar-refractivity contribution < 1.29 is 4.79 Å². The van der Waals surface area contributed by atoms with Crippen molar-refractivity contribution in [3.63, 3.8) is 0 Å². The molecule has 0 unspecified atom stereocenters. The number of aliphatic imine (C=N–C) groups is 1. The smallest absolute Gasteiger partial charge is 0.211 e. The summed E-state index contributed by atoms with van der Waals surface area (Å²) in [6, 6.07) is 0. The van der Waals surface area contributed by atoms with Crippen molar-refractivity contribution in [1.82, 2.24) is 0 Å². The number of allylic oxidation sites excluding steroid dienone is 11. The Hall–Kier alpha value is -2.44. The first-order chi connectivity index (χ1) is 9.24. The Morgan fingerprint density at radius 1 is 1.11 bits per heavy atom. The Morgan fingerprint density at radius 2 is 1.84 bits per heavy atom. The molecule has 0 aromatic heterocycles. The topological polar surface area (TPSA) is 29.4 Å². The molecule has 2 heteroatoms. The number of rotatable bonds is 7.